The van der Waals surface area contributed by atoms with Gasteiger partial charge in [0.25, 0.3) is 5.56 Å². The predicted molar refractivity (Wildman–Crippen MR) is 100 cm³/mol. The van der Waals surface area contributed by atoms with Gasteiger partial charge in [0, 0.05) is 4.88 Å². The summed E-state index contributed by atoms with van der Waals surface area (Å²) in [5, 5.41) is 1.55. The fraction of sp³-hybridized carbons (Fsp3) is 0.333. The largest absolute Gasteiger partial charge is 0.268 e. The Morgan fingerprint density at radius 3 is 2.48 bits per heavy atom. The SMILES string of the molecule is CCSc1nc2sc(CC)c(C)c2c(=O)n1-c1ccc(C)cc1. The first-order chi connectivity index (χ1) is 11.1. The summed E-state index contributed by atoms with van der Waals surface area (Å²) in [6.45, 7) is 8.29. The molecule has 0 fully saturated rings. The summed E-state index contributed by atoms with van der Waals surface area (Å²) in [6.07, 6.45) is 0.938. The molecule has 0 aliphatic rings. The molecular formula is C18H20N2OS2. The lowest BCUT2D eigenvalue weighted by molar-refractivity contribution is 0.822. The summed E-state index contributed by atoms with van der Waals surface area (Å²) in [7, 11) is 0. The molecule has 0 saturated heterocycles. The number of rotatable bonds is 4. The quantitative estimate of drug-likeness (QED) is 0.506. The highest BCUT2D eigenvalue weighted by Gasteiger charge is 2.18. The van der Waals surface area contributed by atoms with E-state index in [4.69, 9.17) is 4.98 Å². The molecule has 3 aromatic rings. The number of aromatic nitrogens is 2. The first-order valence-corrected chi connectivity index (χ1v) is 9.61. The summed E-state index contributed by atoms with van der Waals surface area (Å²) >= 11 is 3.26. The molecule has 0 spiro atoms. The van der Waals surface area contributed by atoms with E-state index in [1.165, 1.54) is 10.4 Å². The van der Waals surface area contributed by atoms with Gasteiger partial charge in [0.05, 0.1) is 11.1 Å². The van der Waals surface area contributed by atoms with Crippen molar-refractivity contribution in [2.24, 2.45) is 0 Å². The van der Waals surface area contributed by atoms with E-state index in [2.05, 4.69) is 13.8 Å². The van der Waals surface area contributed by atoms with Crippen molar-refractivity contribution in [2.45, 2.75) is 39.3 Å². The summed E-state index contributed by atoms with van der Waals surface area (Å²) < 4.78 is 1.76. The van der Waals surface area contributed by atoms with E-state index in [1.54, 1.807) is 27.7 Å². The Morgan fingerprint density at radius 1 is 1.17 bits per heavy atom. The first-order valence-electron chi connectivity index (χ1n) is 7.81. The van der Waals surface area contributed by atoms with E-state index in [0.717, 1.165) is 38.8 Å². The molecule has 5 heteroatoms. The van der Waals surface area contributed by atoms with E-state index in [1.807, 2.05) is 38.1 Å². The van der Waals surface area contributed by atoms with Crippen LogP contribution in [0, 0.1) is 13.8 Å². The number of thiophene rings is 1. The topological polar surface area (TPSA) is 34.9 Å². The number of fused-ring (bicyclic) bond motifs is 1. The van der Waals surface area contributed by atoms with Crippen LogP contribution in [0.1, 0.15) is 29.9 Å². The van der Waals surface area contributed by atoms with Gasteiger partial charge in [-0.15, -0.1) is 11.3 Å². The second-order valence-corrected chi connectivity index (χ2v) is 7.80. The lowest BCUT2D eigenvalue weighted by atomic mass is 10.2. The molecule has 0 unspecified atom stereocenters. The molecule has 0 aliphatic heterocycles. The Bertz CT molecular complexity index is 907. The van der Waals surface area contributed by atoms with Crippen LogP contribution >= 0.6 is 23.1 Å². The van der Waals surface area contributed by atoms with Gasteiger partial charge in [-0.2, -0.15) is 0 Å². The molecule has 2 aromatic heterocycles. The van der Waals surface area contributed by atoms with Crippen LogP contribution in [0.15, 0.2) is 34.2 Å². The van der Waals surface area contributed by atoms with Crippen molar-refractivity contribution >= 4 is 33.3 Å². The molecule has 120 valence electrons. The normalized spacial score (nSPS) is 11.3. The van der Waals surface area contributed by atoms with Crippen molar-refractivity contribution in [2.75, 3.05) is 5.75 Å². The first kappa shape index (κ1) is 16.3. The van der Waals surface area contributed by atoms with Crippen molar-refractivity contribution in [3.8, 4) is 5.69 Å². The van der Waals surface area contributed by atoms with Gasteiger partial charge in [-0.25, -0.2) is 4.98 Å². The zero-order valence-electron chi connectivity index (χ0n) is 13.8. The minimum Gasteiger partial charge on any atom is -0.268 e. The van der Waals surface area contributed by atoms with Gasteiger partial charge < -0.3 is 0 Å². The molecule has 0 aliphatic carbocycles. The fourth-order valence-electron chi connectivity index (χ4n) is 2.70. The maximum atomic E-state index is 13.2. The average Bonchev–Trinajstić information content (AvgIpc) is 2.85. The molecule has 0 saturated carbocycles. The second-order valence-electron chi connectivity index (χ2n) is 5.49. The molecule has 0 radical (unpaired) electrons. The number of thioether (sulfide) groups is 1. The van der Waals surface area contributed by atoms with Gasteiger partial charge >= 0.3 is 0 Å². The van der Waals surface area contributed by atoms with E-state index in [9.17, 15) is 4.79 Å². The number of hydrogen-bond donors (Lipinski definition) is 0. The average molecular weight is 345 g/mol. The zero-order valence-corrected chi connectivity index (χ0v) is 15.5. The number of nitrogens with zero attached hydrogens (tertiary/aromatic N) is 2. The van der Waals surface area contributed by atoms with Gasteiger partial charge in [0.15, 0.2) is 5.16 Å². The van der Waals surface area contributed by atoms with E-state index < -0.39 is 0 Å². The highest BCUT2D eigenvalue weighted by Crippen LogP contribution is 2.30. The van der Waals surface area contributed by atoms with Crippen molar-refractivity contribution in [1.82, 2.24) is 9.55 Å². The van der Waals surface area contributed by atoms with Crippen LogP contribution in [0.25, 0.3) is 15.9 Å². The molecule has 3 nitrogen and oxygen atoms in total. The van der Waals surface area contributed by atoms with Crippen LogP contribution in [0.5, 0.6) is 0 Å². The minimum absolute atomic E-state index is 0.0447. The Labute approximate surface area is 144 Å². The van der Waals surface area contributed by atoms with Gasteiger partial charge in [-0.3, -0.25) is 9.36 Å². The maximum absolute atomic E-state index is 13.2. The van der Waals surface area contributed by atoms with E-state index >= 15 is 0 Å². The summed E-state index contributed by atoms with van der Waals surface area (Å²) in [5.41, 5.74) is 3.19. The lowest BCUT2D eigenvalue weighted by Crippen LogP contribution is -2.21. The third-order valence-corrected chi connectivity index (χ3v) is 6.07. The highest BCUT2D eigenvalue weighted by atomic mass is 32.2. The number of hydrogen-bond acceptors (Lipinski definition) is 4. The van der Waals surface area contributed by atoms with Gasteiger partial charge in [0.1, 0.15) is 4.83 Å². The molecule has 0 atom stereocenters. The number of benzene rings is 1. The van der Waals surface area contributed by atoms with Gasteiger partial charge in [-0.1, -0.05) is 43.3 Å². The standard InChI is InChI=1S/C18H20N2OS2/c1-5-14-12(4)15-16(23-14)19-18(22-6-2)20(17(15)21)13-9-7-11(3)8-10-13/h7-10H,5-6H2,1-4H3. The number of aryl methyl sites for hydroxylation is 3. The van der Waals surface area contributed by atoms with Crippen molar-refractivity contribution in [3.05, 3.63) is 50.6 Å². The molecule has 0 N–H and O–H groups in total. The summed E-state index contributed by atoms with van der Waals surface area (Å²) in [4.78, 5) is 20.1. The molecule has 0 amide bonds. The molecule has 3 rings (SSSR count). The van der Waals surface area contributed by atoms with E-state index in [-0.39, 0.29) is 5.56 Å². The third-order valence-electron chi connectivity index (χ3n) is 3.92. The Balaban J connectivity index is 2.36. The maximum Gasteiger partial charge on any atom is 0.267 e. The summed E-state index contributed by atoms with van der Waals surface area (Å²) in [5.74, 6) is 0.884. The molecule has 1 aromatic carbocycles. The van der Waals surface area contributed by atoms with Crippen molar-refractivity contribution in [3.63, 3.8) is 0 Å². The van der Waals surface area contributed by atoms with Gasteiger partial charge in [0.2, 0.25) is 0 Å². The van der Waals surface area contributed by atoms with Crippen LogP contribution in [0.3, 0.4) is 0 Å². The Hall–Kier alpha value is -1.59. The lowest BCUT2D eigenvalue weighted by Gasteiger charge is -2.11. The van der Waals surface area contributed by atoms with Crippen molar-refractivity contribution in [1.29, 1.82) is 0 Å². The predicted octanol–water partition coefficient (Wildman–Crippen LogP) is 4.74. The van der Waals surface area contributed by atoms with E-state index in [0.29, 0.717) is 0 Å². The second kappa shape index (κ2) is 6.49. The van der Waals surface area contributed by atoms with Crippen LogP contribution in [0.4, 0.5) is 0 Å². The van der Waals surface area contributed by atoms with Crippen LogP contribution in [0.2, 0.25) is 0 Å². The Morgan fingerprint density at radius 2 is 1.87 bits per heavy atom. The summed E-state index contributed by atoms with van der Waals surface area (Å²) in [6, 6.07) is 8.05. The smallest absolute Gasteiger partial charge is 0.267 e. The third kappa shape index (κ3) is 2.83. The molecule has 23 heavy (non-hydrogen) atoms. The molecule has 2 heterocycles. The van der Waals surface area contributed by atoms with Crippen LogP contribution in [-0.4, -0.2) is 15.3 Å². The molecule has 0 bridgehead atoms. The molecular weight excluding hydrogens is 324 g/mol. The van der Waals surface area contributed by atoms with Gasteiger partial charge in [-0.05, 0) is 43.7 Å². The van der Waals surface area contributed by atoms with Crippen molar-refractivity contribution < 1.29 is 0 Å². The van der Waals surface area contributed by atoms with Crippen LogP contribution < -0.4 is 5.56 Å². The Kier molecular flexibility index (Phi) is 4.60. The monoisotopic (exact) mass is 344 g/mol. The fourth-order valence-corrected chi connectivity index (χ4v) is 4.59. The zero-order chi connectivity index (χ0) is 16.6. The minimum atomic E-state index is 0.0447. The highest BCUT2D eigenvalue weighted by molar-refractivity contribution is 7.99. The van der Waals surface area contributed by atoms with Crippen LogP contribution in [-0.2, 0) is 6.42 Å².